The Hall–Kier alpha value is -0.120. The van der Waals surface area contributed by atoms with Gasteiger partial charge in [-0.1, -0.05) is 27.2 Å². The second kappa shape index (κ2) is 6.88. The number of nitrogens with one attached hydrogen (secondary N) is 1. The minimum Gasteiger partial charge on any atom is -0.394 e. The summed E-state index contributed by atoms with van der Waals surface area (Å²) in [5.74, 6) is 0. The maximum atomic E-state index is 9.42. The van der Waals surface area contributed by atoms with Crippen LogP contribution in [0.15, 0.2) is 0 Å². The summed E-state index contributed by atoms with van der Waals surface area (Å²) in [6.45, 7) is 13.8. The Morgan fingerprint density at radius 1 is 1.33 bits per heavy atom. The highest BCUT2D eigenvalue weighted by molar-refractivity contribution is 4.84. The first-order chi connectivity index (χ1) is 8.41. The third kappa shape index (κ3) is 5.25. The van der Waals surface area contributed by atoms with Gasteiger partial charge in [0.25, 0.3) is 0 Å². The standard InChI is InChI=1S/C15H32N2O/c1-5-16-15(4,13-18)8-6-7-10-17-11-9-14(2,3)12-17/h16,18H,5-13H2,1-4H3. The topological polar surface area (TPSA) is 35.5 Å². The molecule has 1 aliphatic heterocycles. The number of nitrogens with zero attached hydrogens (tertiary/aromatic N) is 1. The third-order valence-electron chi connectivity index (χ3n) is 4.16. The summed E-state index contributed by atoms with van der Waals surface area (Å²) in [5, 5.41) is 12.8. The summed E-state index contributed by atoms with van der Waals surface area (Å²) in [7, 11) is 0. The lowest BCUT2D eigenvalue weighted by Crippen LogP contribution is -2.45. The number of hydrogen-bond acceptors (Lipinski definition) is 3. The fourth-order valence-electron chi connectivity index (χ4n) is 2.92. The summed E-state index contributed by atoms with van der Waals surface area (Å²) in [6, 6.07) is 0. The molecule has 0 aromatic heterocycles. The minimum absolute atomic E-state index is 0.0843. The lowest BCUT2D eigenvalue weighted by atomic mass is 9.93. The summed E-state index contributed by atoms with van der Waals surface area (Å²) in [5.41, 5.74) is 0.433. The third-order valence-corrected chi connectivity index (χ3v) is 4.16. The lowest BCUT2D eigenvalue weighted by Gasteiger charge is -2.28. The van der Waals surface area contributed by atoms with Crippen LogP contribution in [0.5, 0.6) is 0 Å². The Kier molecular flexibility index (Phi) is 6.09. The van der Waals surface area contributed by atoms with E-state index in [9.17, 15) is 5.11 Å². The van der Waals surface area contributed by atoms with Crippen molar-refractivity contribution in [3.05, 3.63) is 0 Å². The normalized spacial score (nSPS) is 23.2. The smallest absolute Gasteiger partial charge is 0.0610 e. The molecule has 1 saturated heterocycles. The Morgan fingerprint density at radius 2 is 2.06 bits per heavy atom. The predicted molar refractivity (Wildman–Crippen MR) is 77.9 cm³/mol. The van der Waals surface area contributed by atoms with Gasteiger partial charge in [0.05, 0.1) is 6.61 Å². The van der Waals surface area contributed by atoms with Crippen molar-refractivity contribution < 1.29 is 5.11 Å². The van der Waals surface area contributed by atoms with Crippen LogP contribution < -0.4 is 5.32 Å². The molecule has 1 rings (SSSR count). The molecule has 0 amide bonds. The minimum atomic E-state index is -0.0843. The number of aliphatic hydroxyl groups is 1. The van der Waals surface area contributed by atoms with Gasteiger partial charge in [-0.25, -0.2) is 0 Å². The molecule has 0 aliphatic carbocycles. The van der Waals surface area contributed by atoms with Crippen molar-refractivity contribution >= 4 is 0 Å². The van der Waals surface area contributed by atoms with Gasteiger partial charge >= 0.3 is 0 Å². The maximum Gasteiger partial charge on any atom is 0.0610 e. The Morgan fingerprint density at radius 3 is 2.56 bits per heavy atom. The predicted octanol–water partition coefficient (Wildman–Crippen LogP) is 2.25. The van der Waals surface area contributed by atoms with Crippen molar-refractivity contribution in [2.75, 3.05) is 32.8 Å². The molecule has 0 aromatic carbocycles. The van der Waals surface area contributed by atoms with Crippen LogP contribution in [0.25, 0.3) is 0 Å². The van der Waals surface area contributed by atoms with E-state index in [4.69, 9.17) is 0 Å². The molecule has 1 atom stereocenters. The van der Waals surface area contributed by atoms with Gasteiger partial charge in [0.2, 0.25) is 0 Å². The fraction of sp³-hybridized carbons (Fsp3) is 1.00. The van der Waals surface area contributed by atoms with E-state index >= 15 is 0 Å². The second-order valence-electron chi connectivity index (χ2n) is 6.90. The van der Waals surface area contributed by atoms with E-state index in [0.29, 0.717) is 5.41 Å². The van der Waals surface area contributed by atoms with E-state index in [1.165, 1.54) is 38.9 Å². The van der Waals surface area contributed by atoms with Crippen LogP contribution in [-0.2, 0) is 0 Å². The molecular weight excluding hydrogens is 224 g/mol. The van der Waals surface area contributed by atoms with Crippen LogP contribution in [0.4, 0.5) is 0 Å². The largest absolute Gasteiger partial charge is 0.394 e. The highest BCUT2D eigenvalue weighted by Gasteiger charge is 2.28. The van der Waals surface area contributed by atoms with Crippen molar-refractivity contribution in [3.8, 4) is 0 Å². The first-order valence-electron chi connectivity index (χ1n) is 7.49. The molecule has 1 unspecified atom stereocenters. The highest BCUT2D eigenvalue weighted by atomic mass is 16.3. The van der Waals surface area contributed by atoms with Gasteiger partial charge in [-0.2, -0.15) is 0 Å². The van der Waals surface area contributed by atoms with Gasteiger partial charge in [-0.05, 0) is 51.2 Å². The molecule has 1 heterocycles. The average Bonchev–Trinajstić information content (AvgIpc) is 2.65. The van der Waals surface area contributed by atoms with Crippen LogP contribution in [-0.4, -0.2) is 48.3 Å². The first-order valence-corrected chi connectivity index (χ1v) is 7.49. The number of likely N-dealkylation sites (N-methyl/N-ethyl adjacent to an activating group) is 1. The SMILES string of the molecule is CCNC(C)(CO)CCCCN1CCC(C)(C)C1. The zero-order chi connectivity index (χ0) is 13.6. The molecule has 1 aliphatic rings. The molecule has 0 bridgehead atoms. The van der Waals surface area contributed by atoms with Crippen LogP contribution in [0.3, 0.4) is 0 Å². The van der Waals surface area contributed by atoms with Crippen LogP contribution in [0.2, 0.25) is 0 Å². The van der Waals surface area contributed by atoms with Gasteiger partial charge in [0.15, 0.2) is 0 Å². The van der Waals surface area contributed by atoms with E-state index < -0.39 is 0 Å². The van der Waals surface area contributed by atoms with Gasteiger partial charge < -0.3 is 15.3 Å². The fourth-order valence-corrected chi connectivity index (χ4v) is 2.92. The van der Waals surface area contributed by atoms with Gasteiger partial charge in [-0.15, -0.1) is 0 Å². The number of hydrogen-bond donors (Lipinski definition) is 2. The van der Waals surface area contributed by atoms with Crippen molar-refractivity contribution in [3.63, 3.8) is 0 Å². The molecule has 3 nitrogen and oxygen atoms in total. The molecule has 0 saturated carbocycles. The Labute approximate surface area is 113 Å². The van der Waals surface area contributed by atoms with Crippen molar-refractivity contribution in [2.45, 2.75) is 58.9 Å². The van der Waals surface area contributed by atoms with Crippen molar-refractivity contribution in [1.82, 2.24) is 10.2 Å². The number of rotatable bonds is 8. The summed E-state index contributed by atoms with van der Waals surface area (Å²) in [6.07, 6.45) is 4.84. The van der Waals surface area contributed by atoms with E-state index in [0.717, 1.165) is 13.0 Å². The lowest BCUT2D eigenvalue weighted by molar-refractivity contribution is 0.163. The zero-order valence-corrected chi connectivity index (χ0v) is 12.8. The van der Waals surface area contributed by atoms with Crippen LogP contribution in [0.1, 0.15) is 53.4 Å². The molecule has 18 heavy (non-hydrogen) atoms. The molecule has 2 N–H and O–H groups in total. The number of unbranched alkanes of at least 4 members (excludes halogenated alkanes) is 1. The molecule has 3 heteroatoms. The first kappa shape index (κ1) is 15.9. The van der Waals surface area contributed by atoms with E-state index in [1.54, 1.807) is 0 Å². The van der Waals surface area contributed by atoms with Gasteiger partial charge in [0.1, 0.15) is 0 Å². The van der Waals surface area contributed by atoms with Crippen LogP contribution >= 0.6 is 0 Å². The van der Waals surface area contributed by atoms with E-state index in [2.05, 4.69) is 37.9 Å². The van der Waals surface area contributed by atoms with Gasteiger partial charge in [0, 0.05) is 12.1 Å². The molecule has 0 spiro atoms. The molecule has 1 fully saturated rings. The van der Waals surface area contributed by atoms with E-state index in [-0.39, 0.29) is 12.1 Å². The quantitative estimate of drug-likeness (QED) is 0.654. The monoisotopic (exact) mass is 256 g/mol. The van der Waals surface area contributed by atoms with Crippen molar-refractivity contribution in [2.24, 2.45) is 5.41 Å². The van der Waals surface area contributed by atoms with Gasteiger partial charge in [-0.3, -0.25) is 0 Å². The summed E-state index contributed by atoms with van der Waals surface area (Å²) in [4.78, 5) is 2.59. The molecule has 108 valence electrons. The number of aliphatic hydroxyl groups excluding tert-OH is 1. The molecular formula is C15H32N2O. The summed E-state index contributed by atoms with van der Waals surface area (Å²) >= 11 is 0. The Bertz CT molecular complexity index is 243. The second-order valence-corrected chi connectivity index (χ2v) is 6.90. The Balaban J connectivity index is 2.15. The van der Waals surface area contributed by atoms with Crippen molar-refractivity contribution in [1.29, 1.82) is 0 Å². The van der Waals surface area contributed by atoms with Crippen LogP contribution in [0, 0.1) is 5.41 Å². The molecule has 0 aromatic rings. The maximum absolute atomic E-state index is 9.42. The zero-order valence-electron chi connectivity index (χ0n) is 12.8. The highest BCUT2D eigenvalue weighted by Crippen LogP contribution is 2.28. The number of likely N-dealkylation sites (tertiary alicyclic amines) is 1. The summed E-state index contributed by atoms with van der Waals surface area (Å²) < 4.78 is 0. The average molecular weight is 256 g/mol. The molecule has 0 radical (unpaired) electrons. The van der Waals surface area contributed by atoms with E-state index in [1.807, 2.05) is 0 Å².